The Balaban J connectivity index is 1.94. The fraction of sp³-hybridized carbons (Fsp3) is 0.619. The Hall–Kier alpha value is -1.25. The van der Waals surface area contributed by atoms with Gasteiger partial charge in [0.2, 0.25) is 0 Å². The summed E-state index contributed by atoms with van der Waals surface area (Å²) in [6.45, 7) is 2.19. The summed E-state index contributed by atoms with van der Waals surface area (Å²) < 4.78 is 42.4. The van der Waals surface area contributed by atoms with Gasteiger partial charge in [0, 0.05) is 5.56 Å². The van der Waals surface area contributed by atoms with Gasteiger partial charge in [-0.3, -0.25) is 0 Å². The van der Waals surface area contributed by atoms with E-state index in [1.54, 1.807) is 0 Å². The molecule has 0 radical (unpaired) electrons. The van der Waals surface area contributed by atoms with Crippen molar-refractivity contribution in [3.05, 3.63) is 40.7 Å². The van der Waals surface area contributed by atoms with E-state index in [-0.39, 0.29) is 5.92 Å². The molecule has 0 atom stereocenters. The van der Waals surface area contributed by atoms with Crippen molar-refractivity contribution < 1.29 is 13.2 Å². The molecule has 0 nitrogen and oxygen atoms in total. The van der Waals surface area contributed by atoms with E-state index in [4.69, 9.17) is 0 Å². The lowest BCUT2D eigenvalue weighted by molar-refractivity contribution is 0.301. The van der Waals surface area contributed by atoms with Crippen LogP contribution in [0.15, 0.2) is 12.1 Å². The van der Waals surface area contributed by atoms with Gasteiger partial charge in [0.1, 0.15) is 0 Å². The molecule has 0 aliphatic heterocycles. The first-order valence-electron chi connectivity index (χ1n) is 9.48. The largest absolute Gasteiger partial charge is 0.204 e. The smallest absolute Gasteiger partial charge is 0.194 e. The highest BCUT2D eigenvalue weighted by Gasteiger charge is 2.30. The highest BCUT2D eigenvalue weighted by molar-refractivity contribution is 5.70. The summed E-state index contributed by atoms with van der Waals surface area (Å²) in [6, 6.07) is 1.24. The minimum absolute atomic E-state index is 0.0195. The molecule has 1 saturated carbocycles. The molecule has 2 aliphatic carbocycles. The molecule has 2 aliphatic rings. The van der Waals surface area contributed by atoms with Crippen molar-refractivity contribution in [1.82, 2.24) is 0 Å². The van der Waals surface area contributed by atoms with Crippen molar-refractivity contribution in [1.29, 1.82) is 0 Å². The van der Waals surface area contributed by atoms with Gasteiger partial charge >= 0.3 is 0 Å². The van der Waals surface area contributed by atoms with Crippen LogP contribution < -0.4 is 0 Å². The topological polar surface area (TPSA) is 0 Å². The molecule has 0 spiro atoms. The van der Waals surface area contributed by atoms with Crippen LogP contribution in [0.3, 0.4) is 0 Å². The van der Waals surface area contributed by atoms with Gasteiger partial charge in [-0.25, -0.2) is 13.2 Å². The average Bonchev–Trinajstić information content (AvgIpc) is 2.61. The lowest BCUT2D eigenvalue weighted by Gasteiger charge is -2.31. The average molecular weight is 336 g/mol. The summed E-state index contributed by atoms with van der Waals surface area (Å²) in [5.41, 5.74) is 2.08. The third-order valence-corrected chi connectivity index (χ3v) is 5.79. The number of allylic oxidation sites excluding steroid dienone is 2. The summed E-state index contributed by atoms with van der Waals surface area (Å²) in [7, 11) is 0. The summed E-state index contributed by atoms with van der Waals surface area (Å²) in [6.07, 6.45) is 12.3. The van der Waals surface area contributed by atoms with Crippen LogP contribution in [-0.4, -0.2) is 0 Å². The van der Waals surface area contributed by atoms with Gasteiger partial charge in [-0.15, -0.1) is 0 Å². The first kappa shape index (κ1) is 17.6. The molecule has 0 aromatic heterocycles. The minimum atomic E-state index is -1.30. The van der Waals surface area contributed by atoms with Crippen molar-refractivity contribution >= 4 is 5.57 Å². The molecule has 3 rings (SSSR count). The molecule has 24 heavy (non-hydrogen) atoms. The fourth-order valence-electron chi connectivity index (χ4n) is 4.50. The van der Waals surface area contributed by atoms with E-state index in [0.29, 0.717) is 17.0 Å². The Morgan fingerprint density at radius 1 is 1.00 bits per heavy atom. The molecule has 0 N–H and O–H groups in total. The predicted molar refractivity (Wildman–Crippen MR) is 92.4 cm³/mol. The molecule has 132 valence electrons. The van der Waals surface area contributed by atoms with Gasteiger partial charge in [-0.2, -0.15) is 0 Å². The van der Waals surface area contributed by atoms with E-state index in [2.05, 4.69) is 13.0 Å². The Kier molecular flexibility index (Phi) is 5.68. The molecule has 0 saturated heterocycles. The SMILES string of the molecule is CCC[C@H]1CC[C@H](c2c(C3=CCCCC3)cc(F)c(F)c2F)CC1. The third-order valence-electron chi connectivity index (χ3n) is 5.79. The van der Waals surface area contributed by atoms with Crippen LogP contribution in [0.2, 0.25) is 0 Å². The van der Waals surface area contributed by atoms with Crippen molar-refractivity contribution in [2.75, 3.05) is 0 Å². The number of rotatable bonds is 4. The summed E-state index contributed by atoms with van der Waals surface area (Å²) in [5, 5.41) is 0. The summed E-state index contributed by atoms with van der Waals surface area (Å²) in [5.74, 6) is -2.59. The first-order chi connectivity index (χ1) is 11.6. The normalized spacial score (nSPS) is 24.8. The Morgan fingerprint density at radius 2 is 1.75 bits per heavy atom. The molecule has 1 fully saturated rings. The number of halogens is 3. The summed E-state index contributed by atoms with van der Waals surface area (Å²) >= 11 is 0. The van der Waals surface area contributed by atoms with Crippen molar-refractivity contribution in [2.45, 2.75) is 77.0 Å². The molecule has 0 unspecified atom stereocenters. The van der Waals surface area contributed by atoms with Gasteiger partial charge < -0.3 is 0 Å². The zero-order valence-electron chi connectivity index (χ0n) is 14.5. The maximum Gasteiger partial charge on any atom is 0.194 e. The van der Waals surface area contributed by atoms with Crippen molar-refractivity contribution in [3.63, 3.8) is 0 Å². The fourth-order valence-corrected chi connectivity index (χ4v) is 4.50. The molecule has 1 aromatic carbocycles. The van der Waals surface area contributed by atoms with Crippen LogP contribution >= 0.6 is 0 Å². The van der Waals surface area contributed by atoms with Gasteiger partial charge in [0.15, 0.2) is 17.5 Å². The zero-order chi connectivity index (χ0) is 17.1. The highest BCUT2D eigenvalue weighted by atomic mass is 19.2. The first-order valence-corrected chi connectivity index (χ1v) is 9.48. The number of hydrogen-bond acceptors (Lipinski definition) is 0. The monoisotopic (exact) mass is 336 g/mol. The Bertz CT molecular complexity index is 610. The van der Waals surface area contributed by atoms with Gasteiger partial charge in [0.05, 0.1) is 0 Å². The van der Waals surface area contributed by atoms with Crippen LogP contribution in [0.5, 0.6) is 0 Å². The van der Waals surface area contributed by atoms with Crippen molar-refractivity contribution in [2.24, 2.45) is 5.92 Å². The zero-order valence-corrected chi connectivity index (χ0v) is 14.5. The molecule has 3 heteroatoms. The Labute approximate surface area is 143 Å². The quantitative estimate of drug-likeness (QED) is 0.513. The van der Waals surface area contributed by atoms with E-state index in [9.17, 15) is 13.2 Å². The lowest BCUT2D eigenvalue weighted by atomic mass is 9.74. The molecule has 0 heterocycles. The van der Waals surface area contributed by atoms with Crippen LogP contribution in [0.25, 0.3) is 5.57 Å². The molecular formula is C21H27F3. The van der Waals surface area contributed by atoms with Crippen LogP contribution in [0.1, 0.15) is 88.2 Å². The second-order valence-corrected chi connectivity index (χ2v) is 7.43. The minimum Gasteiger partial charge on any atom is -0.204 e. The second kappa shape index (κ2) is 7.76. The standard InChI is InChI=1S/C21H27F3/c1-2-6-14-9-11-16(12-10-14)19-17(15-7-4-3-5-8-15)13-18(22)20(23)21(19)24/h7,13-14,16H,2-6,8-12H2,1H3/t14-,16-. The van der Waals surface area contributed by atoms with E-state index in [1.165, 1.54) is 18.9 Å². The van der Waals surface area contributed by atoms with Crippen LogP contribution in [0, 0.1) is 23.4 Å². The maximum atomic E-state index is 14.7. The maximum absolute atomic E-state index is 14.7. The van der Waals surface area contributed by atoms with E-state index in [1.807, 2.05) is 0 Å². The van der Waals surface area contributed by atoms with Gasteiger partial charge in [-0.1, -0.05) is 25.8 Å². The van der Waals surface area contributed by atoms with Crippen LogP contribution in [0.4, 0.5) is 13.2 Å². The molecular weight excluding hydrogens is 309 g/mol. The molecule has 1 aromatic rings. The molecule has 0 bridgehead atoms. The summed E-state index contributed by atoms with van der Waals surface area (Å²) in [4.78, 5) is 0. The Morgan fingerprint density at radius 3 is 2.38 bits per heavy atom. The van der Waals surface area contributed by atoms with E-state index < -0.39 is 17.5 Å². The highest BCUT2D eigenvalue weighted by Crippen LogP contribution is 2.43. The van der Waals surface area contributed by atoms with E-state index in [0.717, 1.165) is 56.9 Å². The van der Waals surface area contributed by atoms with Crippen molar-refractivity contribution in [3.8, 4) is 0 Å². The van der Waals surface area contributed by atoms with E-state index >= 15 is 0 Å². The predicted octanol–water partition coefficient (Wildman–Crippen LogP) is 7.14. The van der Waals surface area contributed by atoms with Gasteiger partial charge in [-0.05, 0) is 80.4 Å². The second-order valence-electron chi connectivity index (χ2n) is 7.43. The van der Waals surface area contributed by atoms with Crippen LogP contribution in [-0.2, 0) is 0 Å². The van der Waals surface area contributed by atoms with Gasteiger partial charge in [0.25, 0.3) is 0 Å². The molecule has 0 amide bonds. The third kappa shape index (κ3) is 3.55. The lowest BCUT2D eigenvalue weighted by Crippen LogP contribution is -2.17. The number of benzene rings is 1. The number of hydrogen-bond donors (Lipinski definition) is 0.